The lowest BCUT2D eigenvalue weighted by Gasteiger charge is -2.20. The molecule has 0 spiro atoms. The molecule has 0 radical (unpaired) electrons. The number of fused-ring (bicyclic) bond motifs is 3. The molecule has 9 nitrogen and oxygen atoms in total. The Morgan fingerprint density at radius 3 is 2.68 bits per heavy atom. The number of ether oxygens (including phenoxy) is 1. The number of carbonyl (C=O) groups is 3. The summed E-state index contributed by atoms with van der Waals surface area (Å²) >= 11 is 6.27. The molecular formula is C24H25ClN4O5. The Morgan fingerprint density at radius 1 is 1.29 bits per heavy atom. The number of aromatic amines is 1. The Kier molecular flexibility index (Phi) is 6.76. The van der Waals surface area contributed by atoms with E-state index >= 15 is 0 Å². The number of hydrogen-bond acceptors (Lipinski definition) is 5. The second-order valence-corrected chi connectivity index (χ2v) is 8.53. The van der Waals surface area contributed by atoms with Crippen molar-refractivity contribution in [1.82, 2.24) is 10.3 Å². The summed E-state index contributed by atoms with van der Waals surface area (Å²) in [6.45, 7) is 1.75. The van der Waals surface area contributed by atoms with Crippen LogP contribution in [0.25, 0.3) is 10.9 Å². The van der Waals surface area contributed by atoms with Crippen LogP contribution < -0.4 is 20.7 Å². The molecule has 2 amide bonds. The van der Waals surface area contributed by atoms with Crippen molar-refractivity contribution in [3.8, 4) is 5.75 Å². The molecule has 4 rings (SSSR count). The van der Waals surface area contributed by atoms with Gasteiger partial charge in [0.15, 0.2) is 0 Å². The van der Waals surface area contributed by atoms with Crippen molar-refractivity contribution >= 4 is 46.0 Å². The molecule has 0 saturated carbocycles. The number of aromatic nitrogens is 1. The van der Waals surface area contributed by atoms with Crippen LogP contribution in [-0.4, -0.2) is 52.9 Å². The molecule has 2 heterocycles. The number of rotatable bonds is 8. The lowest BCUT2D eigenvalue weighted by molar-refractivity contribution is -0.135. The number of benzene rings is 2. The monoisotopic (exact) mass is 484 g/mol. The van der Waals surface area contributed by atoms with Gasteiger partial charge in [-0.15, -0.1) is 11.6 Å². The fraction of sp³-hybridized carbons (Fsp3) is 0.292. The van der Waals surface area contributed by atoms with E-state index in [2.05, 4.69) is 10.3 Å². The number of H-pyrrole nitrogens is 1. The predicted molar refractivity (Wildman–Crippen MR) is 129 cm³/mol. The molecular weight excluding hydrogens is 460 g/mol. The average Bonchev–Trinajstić information content (AvgIpc) is 3.43. The van der Waals surface area contributed by atoms with E-state index < -0.39 is 24.5 Å². The molecule has 0 aliphatic carbocycles. The molecule has 1 aliphatic rings. The number of carboxylic acids is 1. The Bertz CT molecular complexity index is 1240. The summed E-state index contributed by atoms with van der Waals surface area (Å²) in [5.74, 6) is -1.41. The van der Waals surface area contributed by atoms with Gasteiger partial charge in [-0.3, -0.25) is 14.4 Å². The highest BCUT2D eigenvalue weighted by atomic mass is 35.5. The van der Waals surface area contributed by atoms with Crippen molar-refractivity contribution in [2.24, 2.45) is 5.73 Å². The van der Waals surface area contributed by atoms with Crippen LogP contribution in [0.5, 0.6) is 5.75 Å². The van der Waals surface area contributed by atoms with Gasteiger partial charge in [-0.05, 0) is 24.1 Å². The maximum atomic E-state index is 12.8. The van der Waals surface area contributed by atoms with E-state index in [1.54, 1.807) is 24.0 Å². The lowest BCUT2D eigenvalue weighted by Crippen LogP contribution is -2.41. The van der Waals surface area contributed by atoms with Gasteiger partial charge in [-0.25, -0.2) is 0 Å². The first-order chi connectivity index (χ1) is 16.3. The molecule has 178 valence electrons. The van der Waals surface area contributed by atoms with E-state index in [-0.39, 0.29) is 30.0 Å². The van der Waals surface area contributed by atoms with Crippen molar-refractivity contribution in [1.29, 1.82) is 0 Å². The molecule has 1 unspecified atom stereocenters. The van der Waals surface area contributed by atoms with Crippen LogP contribution >= 0.6 is 11.6 Å². The first-order valence-electron chi connectivity index (χ1n) is 10.8. The third-order valence-corrected chi connectivity index (χ3v) is 6.10. The van der Waals surface area contributed by atoms with Gasteiger partial charge >= 0.3 is 5.97 Å². The molecule has 2 atom stereocenters. The minimum atomic E-state index is -1.15. The van der Waals surface area contributed by atoms with Crippen molar-refractivity contribution in [2.75, 3.05) is 23.9 Å². The molecule has 10 heteroatoms. The summed E-state index contributed by atoms with van der Waals surface area (Å²) in [6, 6.07) is 12.3. The smallest absolute Gasteiger partial charge is 0.322 e. The van der Waals surface area contributed by atoms with Crippen LogP contribution in [0, 0.1) is 0 Å². The minimum Gasteiger partial charge on any atom is -0.487 e. The number of carboxylic acid groups (broad SMARTS) is 1. The van der Waals surface area contributed by atoms with E-state index in [0.717, 1.165) is 11.1 Å². The molecule has 3 aromatic rings. The van der Waals surface area contributed by atoms with E-state index in [1.807, 2.05) is 30.3 Å². The van der Waals surface area contributed by atoms with Crippen molar-refractivity contribution in [3.63, 3.8) is 0 Å². The van der Waals surface area contributed by atoms with Crippen LogP contribution in [0.15, 0.2) is 42.5 Å². The number of carbonyl (C=O) groups excluding carboxylic acids is 2. The van der Waals surface area contributed by atoms with E-state index in [9.17, 15) is 14.4 Å². The van der Waals surface area contributed by atoms with E-state index in [1.165, 1.54) is 0 Å². The standard InChI is InChI=1S/C24H25ClN4O5/c1-13(26)24(33)29-11-15(9-25)21-16-7-17(23(32)27-10-20(30)31)28-22(16)19(8-18(21)29)34-12-14-5-3-2-4-6-14/h2-8,13,15,28H,9-12,26H2,1H3,(H,27,32)(H,30,31)/t13-,15?/m0/s1. The maximum absolute atomic E-state index is 12.8. The summed E-state index contributed by atoms with van der Waals surface area (Å²) < 4.78 is 6.12. The molecule has 1 aromatic heterocycles. The van der Waals surface area contributed by atoms with Crippen molar-refractivity contribution < 1.29 is 24.2 Å². The number of halogens is 1. The molecule has 34 heavy (non-hydrogen) atoms. The summed E-state index contributed by atoms with van der Waals surface area (Å²) in [5.41, 5.74) is 9.04. The zero-order valence-electron chi connectivity index (χ0n) is 18.5. The van der Waals surface area contributed by atoms with Gasteiger partial charge in [0.05, 0.1) is 17.2 Å². The predicted octanol–water partition coefficient (Wildman–Crippen LogP) is 2.58. The van der Waals surface area contributed by atoms with Crippen LogP contribution in [0.3, 0.4) is 0 Å². The van der Waals surface area contributed by atoms with Crippen molar-refractivity contribution in [3.05, 3.63) is 59.3 Å². The number of anilines is 1. The highest BCUT2D eigenvalue weighted by molar-refractivity contribution is 6.19. The van der Waals surface area contributed by atoms with Gasteiger partial charge in [0.25, 0.3) is 5.91 Å². The molecule has 2 aromatic carbocycles. The fourth-order valence-electron chi connectivity index (χ4n) is 4.14. The number of nitrogens with one attached hydrogen (secondary N) is 2. The summed E-state index contributed by atoms with van der Waals surface area (Å²) in [4.78, 5) is 41.0. The van der Waals surface area contributed by atoms with Crippen LogP contribution in [0.1, 0.15) is 34.5 Å². The van der Waals surface area contributed by atoms with Crippen molar-refractivity contribution in [2.45, 2.75) is 25.5 Å². The van der Waals surface area contributed by atoms with Gasteiger partial charge in [0, 0.05) is 29.8 Å². The SMILES string of the molecule is C[C@H](N)C(=O)N1CC(CCl)c2c1cc(OCc1ccccc1)c1[nH]c(C(=O)NCC(=O)O)cc21. The topological polar surface area (TPSA) is 138 Å². The zero-order chi connectivity index (χ0) is 24.4. The second-order valence-electron chi connectivity index (χ2n) is 8.22. The number of nitrogens with two attached hydrogens (primary N) is 1. The average molecular weight is 485 g/mol. The normalized spacial score (nSPS) is 15.7. The number of alkyl halides is 1. The Morgan fingerprint density at radius 2 is 2.03 bits per heavy atom. The van der Waals surface area contributed by atoms with E-state index in [0.29, 0.717) is 28.9 Å². The Labute approximate surface area is 200 Å². The maximum Gasteiger partial charge on any atom is 0.322 e. The van der Waals surface area contributed by atoms with Gasteiger partial charge in [-0.2, -0.15) is 0 Å². The highest BCUT2D eigenvalue weighted by Crippen LogP contribution is 2.46. The molecule has 1 aliphatic heterocycles. The molecule has 0 bridgehead atoms. The number of amides is 2. The largest absolute Gasteiger partial charge is 0.487 e. The Balaban J connectivity index is 1.82. The minimum absolute atomic E-state index is 0.171. The van der Waals surface area contributed by atoms with Gasteiger partial charge in [0.1, 0.15) is 24.6 Å². The van der Waals surface area contributed by atoms with Gasteiger partial charge in [0.2, 0.25) is 5.91 Å². The number of hydrogen-bond donors (Lipinski definition) is 4. The molecule has 5 N–H and O–H groups in total. The van der Waals surface area contributed by atoms with Crippen LogP contribution in [-0.2, 0) is 16.2 Å². The third kappa shape index (κ3) is 4.57. The lowest BCUT2D eigenvalue weighted by atomic mass is 9.98. The first-order valence-corrected chi connectivity index (χ1v) is 11.3. The number of nitrogens with zero attached hydrogens (tertiary/aromatic N) is 1. The second kappa shape index (κ2) is 9.74. The van der Waals surface area contributed by atoms with Gasteiger partial charge in [-0.1, -0.05) is 30.3 Å². The number of aliphatic carboxylic acids is 1. The summed E-state index contributed by atoms with van der Waals surface area (Å²) in [5, 5.41) is 11.9. The summed E-state index contributed by atoms with van der Waals surface area (Å²) in [7, 11) is 0. The summed E-state index contributed by atoms with van der Waals surface area (Å²) in [6.07, 6.45) is 0. The van der Waals surface area contributed by atoms with Gasteiger partial charge < -0.3 is 30.8 Å². The quantitative estimate of drug-likeness (QED) is 0.362. The fourth-order valence-corrected chi connectivity index (χ4v) is 4.39. The molecule has 0 fully saturated rings. The Hall–Kier alpha value is -3.56. The van der Waals surface area contributed by atoms with Crippen LogP contribution in [0.2, 0.25) is 0 Å². The zero-order valence-corrected chi connectivity index (χ0v) is 19.3. The third-order valence-electron chi connectivity index (χ3n) is 5.72. The van der Waals surface area contributed by atoms with E-state index in [4.69, 9.17) is 27.2 Å². The van der Waals surface area contributed by atoms with Crippen LogP contribution in [0.4, 0.5) is 5.69 Å². The highest BCUT2D eigenvalue weighted by Gasteiger charge is 2.36. The molecule has 0 saturated heterocycles. The first kappa shape index (κ1) is 23.6.